The van der Waals surface area contributed by atoms with Crippen LogP contribution in [0.4, 0.5) is 5.69 Å². The van der Waals surface area contributed by atoms with E-state index in [1.165, 1.54) is 4.68 Å². The summed E-state index contributed by atoms with van der Waals surface area (Å²) < 4.78 is 6.91. The predicted molar refractivity (Wildman–Crippen MR) is 84.0 cm³/mol. The van der Waals surface area contributed by atoms with Gasteiger partial charge in [0.2, 0.25) is 0 Å². The van der Waals surface area contributed by atoms with E-state index in [0.29, 0.717) is 11.4 Å². The van der Waals surface area contributed by atoms with E-state index in [1.54, 1.807) is 13.8 Å². The second-order valence-corrected chi connectivity index (χ2v) is 5.56. The maximum absolute atomic E-state index is 11.3. The minimum Gasteiger partial charge on any atom is -0.471 e. The first-order valence-corrected chi connectivity index (χ1v) is 7.27. The van der Waals surface area contributed by atoms with E-state index in [0.717, 1.165) is 11.4 Å². The van der Waals surface area contributed by atoms with Crippen LogP contribution in [0.3, 0.4) is 0 Å². The molecule has 0 aliphatic carbocycles. The van der Waals surface area contributed by atoms with Crippen LogP contribution in [-0.2, 0) is 0 Å². The van der Waals surface area contributed by atoms with Crippen molar-refractivity contribution in [3.63, 3.8) is 0 Å². The maximum atomic E-state index is 11.3. The topological polar surface area (TPSA) is 103 Å². The lowest BCUT2D eigenvalue weighted by molar-refractivity contribution is -0.386. The van der Waals surface area contributed by atoms with E-state index in [2.05, 4.69) is 10.1 Å². The van der Waals surface area contributed by atoms with Crippen LogP contribution < -0.4 is 4.74 Å². The van der Waals surface area contributed by atoms with Crippen LogP contribution in [0.2, 0.25) is 0 Å². The molecule has 1 N–H and O–H groups in total. The first kappa shape index (κ1) is 16.9. The Kier molecular flexibility index (Phi) is 4.95. The number of aliphatic hydroxyl groups is 1. The summed E-state index contributed by atoms with van der Waals surface area (Å²) in [6.45, 7) is 7.19. The molecule has 0 amide bonds. The van der Waals surface area contributed by atoms with Gasteiger partial charge in [-0.25, -0.2) is 4.68 Å². The van der Waals surface area contributed by atoms with E-state index < -0.39 is 4.92 Å². The molecule has 0 bridgehead atoms. The van der Waals surface area contributed by atoms with Gasteiger partial charge in [0.15, 0.2) is 0 Å². The van der Waals surface area contributed by atoms with Crippen molar-refractivity contribution in [3.05, 3.63) is 39.3 Å². The van der Waals surface area contributed by atoms with E-state index in [1.807, 2.05) is 26.0 Å². The van der Waals surface area contributed by atoms with Crippen LogP contribution in [0, 0.1) is 36.8 Å². The highest BCUT2D eigenvalue weighted by atomic mass is 16.6. The second kappa shape index (κ2) is 6.74. The first-order chi connectivity index (χ1) is 10.8. The highest BCUT2D eigenvalue weighted by Crippen LogP contribution is 2.32. The van der Waals surface area contributed by atoms with Crippen molar-refractivity contribution in [3.8, 4) is 11.6 Å². The third kappa shape index (κ3) is 3.48. The zero-order valence-electron chi connectivity index (χ0n) is 13.6. The number of rotatable bonds is 6. The van der Waals surface area contributed by atoms with Gasteiger partial charge in [-0.1, -0.05) is 6.92 Å². The largest absolute Gasteiger partial charge is 0.471 e. The van der Waals surface area contributed by atoms with Gasteiger partial charge in [-0.3, -0.25) is 15.1 Å². The van der Waals surface area contributed by atoms with E-state index in [-0.39, 0.29) is 30.7 Å². The molecule has 0 aromatic carbocycles. The molecular weight excluding hydrogens is 300 g/mol. The summed E-state index contributed by atoms with van der Waals surface area (Å²) >= 11 is 0. The summed E-state index contributed by atoms with van der Waals surface area (Å²) in [6.07, 6.45) is 0. The van der Waals surface area contributed by atoms with Crippen molar-refractivity contribution in [2.45, 2.75) is 27.7 Å². The van der Waals surface area contributed by atoms with Crippen molar-refractivity contribution in [1.29, 1.82) is 0 Å². The van der Waals surface area contributed by atoms with Crippen molar-refractivity contribution < 1.29 is 14.8 Å². The van der Waals surface area contributed by atoms with Gasteiger partial charge in [0.05, 0.1) is 22.9 Å². The molecule has 0 spiro atoms. The fraction of sp³-hybridized carbons (Fsp3) is 0.467. The number of hydrogen-bond donors (Lipinski definition) is 1. The summed E-state index contributed by atoms with van der Waals surface area (Å²) in [5.74, 6) is -0.185. The molecular formula is C15H20N4O4. The summed E-state index contributed by atoms with van der Waals surface area (Å²) in [5.41, 5.74) is 2.45. The average Bonchev–Trinajstić information content (AvgIpc) is 2.81. The molecule has 0 aliphatic rings. The van der Waals surface area contributed by atoms with Crippen LogP contribution in [-0.4, -0.2) is 38.0 Å². The minimum atomic E-state index is -0.505. The number of hydrogen-bond acceptors (Lipinski definition) is 6. The number of aryl methyl sites for hydroxylation is 2. The number of nitro groups is 1. The minimum absolute atomic E-state index is 0.0484. The Labute approximate surface area is 133 Å². The van der Waals surface area contributed by atoms with Crippen molar-refractivity contribution in [2.24, 2.45) is 5.92 Å². The fourth-order valence-corrected chi connectivity index (χ4v) is 2.19. The molecule has 124 valence electrons. The lowest BCUT2D eigenvalue weighted by Gasteiger charge is -2.08. The Morgan fingerprint density at radius 3 is 2.65 bits per heavy atom. The Morgan fingerprint density at radius 1 is 1.39 bits per heavy atom. The smallest absolute Gasteiger partial charge is 0.353 e. The monoisotopic (exact) mass is 320 g/mol. The zero-order chi connectivity index (χ0) is 17.1. The molecule has 0 fully saturated rings. The fourth-order valence-electron chi connectivity index (χ4n) is 2.19. The van der Waals surface area contributed by atoms with Crippen LogP contribution in [0.15, 0.2) is 12.1 Å². The van der Waals surface area contributed by atoms with Crippen LogP contribution in [0.5, 0.6) is 5.88 Å². The first-order valence-electron chi connectivity index (χ1n) is 7.27. The Hall–Kier alpha value is -2.48. The van der Waals surface area contributed by atoms with Crippen molar-refractivity contribution in [1.82, 2.24) is 14.8 Å². The van der Waals surface area contributed by atoms with Crippen LogP contribution in [0.1, 0.15) is 24.0 Å². The normalized spacial score (nSPS) is 12.2. The van der Waals surface area contributed by atoms with Gasteiger partial charge >= 0.3 is 11.6 Å². The molecule has 2 aromatic rings. The zero-order valence-corrected chi connectivity index (χ0v) is 13.6. The maximum Gasteiger partial charge on any atom is 0.353 e. The Bertz CT molecular complexity index is 727. The molecule has 2 aromatic heterocycles. The summed E-state index contributed by atoms with van der Waals surface area (Å²) in [4.78, 5) is 15.2. The van der Waals surface area contributed by atoms with Gasteiger partial charge in [0, 0.05) is 18.2 Å². The standard InChI is InChI=1S/C15H20N4O4/c1-9(7-20)8-23-15-14(19(21)22)12(4)18(17-15)13-6-5-10(2)16-11(13)3/h5-6,9,20H,7-8H2,1-4H3/t9-/m1/s1. The highest BCUT2D eigenvalue weighted by molar-refractivity contribution is 5.50. The van der Waals surface area contributed by atoms with E-state index in [4.69, 9.17) is 9.84 Å². The van der Waals surface area contributed by atoms with Crippen molar-refractivity contribution in [2.75, 3.05) is 13.2 Å². The molecule has 2 heterocycles. The number of ether oxygens (including phenoxy) is 1. The van der Waals surface area contributed by atoms with Gasteiger partial charge in [0.25, 0.3) is 0 Å². The molecule has 0 radical (unpaired) electrons. The molecule has 23 heavy (non-hydrogen) atoms. The summed E-state index contributed by atoms with van der Waals surface area (Å²) in [7, 11) is 0. The summed E-state index contributed by atoms with van der Waals surface area (Å²) in [6, 6.07) is 3.64. The number of aliphatic hydroxyl groups excluding tert-OH is 1. The number of aromatic nitrogens is 3. The Balaban J connectivity index is 2.47. The number of pyridine rings is 1. The van der Waals surface area contributed by atoms with Gasteiger partial charge in [-0.05, 0) is 32.9 Å². The third-order valence-corrected chi connectivity index (χ3v) is 3.48. The van der Waals surface area contributed by atoms with Crippen LogP contribution in [0.25, 0.3) is 5.69 Å². The van der Waals surface area contributed by atoms with E-state index >= 15 is 0 Å². The Morgan fingerprint density at radius 2 is 2.09 bits per heavy atom. The lowest BCUT2D eigenvalue weighted by Crippen LogP contribution is -2.13. The van der Waals surface area contributed by atoms with Crippen LogP contribution >= 0.6 is 0 Å². The predicted octanol–water partition coefficient (Wildman–Crippen LogP) is 2.11. The van der Waals surface area contributed by atoms with Gasteiger partial charge < -0.3 is 9.84 Å². The third-order valence-electron chi connectivity index (χ3n) is 3.48. The molecule has 1 atom stereocenters. The highest BCUT2D eigenvalue weighted by Gasteiger charge is 2.28. The molecule has 0 saturated carbocycles. The molecule has 8 nitrogen and oxygen atoms in total. The quantitative estimate of drug-likeness (QED) is 0.646. The molecule has 2 rings (SSSR count). The molecule has 8 heteroatoms. The molecule has 0 aliphatic heterocycles. The van der Waals surface area contributed by atoms with Gasteiger partial charge in [-0.15, -0.1) is 5.10 Å². The SMILES string of the molecule is Cc1ccc(-n2nc(OC[C@H](C)CO)c([N+](=O)[O-])c2C)c(C)n1. The summed E-state index contributed by atoms with van der Waals surface area (Å²) in [5, 5.41) is 24.6. The lowest BCUT2D eigenvalue weighted by atomic mass is 10.2. The average molecular weight is 320 g/mol. The molecule has 0 unspecified atom stereocenters. The van der Waals surface area contributed by atoms with Crippen molar-refractivity contribution >= 4 is 5.69 Å². The number of nitrogens with zero attached hydrogens (tertiary/aromatic N) is 4. The van der Waals surface area contributed by atoms with Gasteiger partial charge in [-0.2, -0.15) is 0 Å². The molecule has 0 saturated heterocycles. The van der Waals surface area contributed by atoms with E-state index in [9.17, 15) is 10.1 Å². The van der Waals surface area contributed by atoms with Gasteiger partial charge in [0.1, 0.15) is 5.69 Å². The second-order valence-electron chi connectivity index (χ2n) is 5.56.